The number of carbonyl (C=O) groups is 2. The lowest BCUT2D eigenvalue weighted by molar-refractivity contribution is -0.144. The lowest BCUT2D eigenvalue weighted by Crippen LogP contribution is -2.42. The number of para-hydroxylation sites is 2. The van der Waals surface area contributed by atoms with Crippen molar-refractivity contribution in [1.82, 2.24) is 9.80 Å². The van der Waals surface area contributed by atoms with Crippen LogP contribution in [0.3, 0.4) is 0 Å². The van der Waals surface area contributed by atoms with Crippen molar-refractivity contribution in [2.75, 3.05) is 30.7 Å². The van der Waals surface area contributed by atoms with Crippen LogP contribution in [-0.2, 0) is 9.59 Å². The Morgan fingerprint density at radius 3 is 2.54 bits per heavy atom. The molecule has 3 N–H and O–H groups in total. The number of carbonyl (C=O) groups excluding carboxylic acids is 2. The molecular weight excluding hydrogens is 477 g/mol. The molecule has 4 rings (SSSR count). The quantitative estimate of drug-likeness (QED) is 0.259. The molecule has 0 saturated carbocycles. The molecule has 0 aromatic heterocycles. The topological polar surface area (TPSA) is 125 Å². The van der Waals surface area contributed by atoms with Crippen LogP contribution in [-0.4, -0.2) is 65.4 Å². The van der Waals surface area contributed by atoms with Crippen molar-refractivity contribution in [1.29, 1.82) is 0 Å². The Labute approximate surface area is 214 Å². The molecule has 37 heavy (non-hydrogen) atoms. The zero-order valence-corrected chi connectivity index (χ0v) is 20.4. The minimum atomic E-state index is -2.66. The molecule has 2 aromatic rings. The molecule has 2 aromatic carbocycles. The normalized spacial score (nSPS) is 17.1. The van der Waals surface area contributed by atoms with E-state index in [1.54, 1.807) is 64.7 Å². The highest BCUT2D eigenvalue weighted by Crippen LogP contribution is 2.27. The summed E-state index contributed by atoms with van der Waals surface area (Å²) in [5.74, 6) is -3.25. The number of benzene rings is 2. The Morgan fingerprint density at radius 1 is 1.16 bits per heavy atom. The average molecular weight is 506 g/mol. The molecule has 2 aliphatic rings. The second-order valence-corrected chi connectivity index (χ2v) is 8.65. The van der Waals surface area contributed by atoms with E-state index >= 15 is 4.39 Å². The number of nitrogens with one attached hydrogen (secondary N) is 1. The number of halogens is 1. The molecule has 10 nitrogen and oxygen atoms in total. The summed E-state index contributed by atoms with van der Waals surface area (Å²) in [6.07, 6.45) is 5.22. The number of amidine groups is 1. The Morgan fingerprint density at radius 2 is 1.86 bits per heavy atom. The fourth-order valence-corrected chi connectivity index (χ4v) is 3.95. The van der Waals surface area contributed by atoms with Gasteiger partial charge in [-0.3, -0.25) is 14.6 Å². The molecule has 0 bridgehead atoms. The third-order valence-electron chi connectivity index (χ3n) is 5.90. The second kappa shape index (κ2) is 11.0. The van der Waals surface area contributed by atoms with E-state index in [1.807, 2.05) is 0 Å². The van der Waals surface area contributed by atoms with E-state index in [9.17, 15) is 9.59 Å². The van der Waals surface area contributed by atoms with Crippen LogP contribution >= 0.6 is 0 Å². The summed E-state index contributed by atoms with van der Waals surface area (Å²) < 4.78 is 20.2. The fraction of sp³-hybridized carbons (Fsp3) is 0.269. The summed E-state index contributed by atoms with van der Waals surface area (Å²) in [5.41, 5.74) is 7.39. The summed E-state index contributed by atoms with van der Waals surface area (Å²) in [7, 11) is 0. The number of nitrogens with zero attached hydrogens (tertiary/aromatic N) is 5. The van der Waals surface area contributed by atoms with Gasteiger partial charge in [-0.2, -0.15) is 9.49 Å². The number of alkyl halides is 1. The number of likely N-dealkylation sites (tertiary alicyclic amines) is 1. The van der Waals surface area contributed by atoms with E-state index in [-0.39, 0.29) is 23.9 Å². The van der Waals surface area contributed by atoms with Gasteiger partial charge in [-0.15, -0.1) is 5.10 Å². The largest absolute Gasteiger partial charge is 0.448 e. The molecule has 1 fully saturated rings. The van der Waals surface area contributed by atoms with Crippen LogP contribution in [0.25, 0.3) is 0 Å². The van der Waals surface area contributed by atoms with Crippen molar-refractivity contribution < 1.29 is 18.7 Å². The summed E-state index contributed by atoms with van der Waals surface area (Å²) >= 11 is 0. The van der Waals surface area contributed by atoms with Gasteiger partial charge in [0.2, 0.25) is 0 Å². The maximum Gasteiger partial charge on any atom is 0.324 e. The van der Waals surface area contributed by atoms with E-state index < -0.39 is 11.8 Å². The van der Waals surface area contributed by atoms with Crippen molar-refractivity contribution in [3.05, 3.63) is 66.5 Å². The van der Waals surface area contributed by atoms with Gasteiger partial charge in [0, 0.05) is 50.4 Å². The predicted molar refractivity (Wildman–Crippen MR) is 141 cm³/mol. The molecule has 1 saturated heterocycles. The first-order chi connectivity index (χ1) is 17.8. The Balaban J connectivity index is 1.44. The van der Waals surface area contributed by atoms with Gasteiger partial charge in [0.25, 0.3) is 5.91 Å². The molecule has 2 aliphatic heterocycles. The summed E-state index contributed by atoms with van der Waals surface area (Å²) in [4.78, 5) is 33.2. The minimum Gasteiger partial charge on any atom is -0.448 e. The fourth-order valence-electron chi connectivity index (χ4n) is 3.95. The number of rotatable bonds is 7. The zero-order chi connectivity index (χ0) is 26.4. The molecule has 2 amide bonds. The number of hydrogen-bond donors (Lipinski definition) is 2. The molecule has 11 heteroatoms. The van der Waals surface area contributed by atoms with Crippen LogP contribution in [0.2, 0.25) is 0 Å². The lowest BCUT2D eigenvalue weighted by Gasteiger charge is -2.26. The highest BCUT2D eigenvalue weighted by atomic mass is 19.2. The van der Waals surface area contributed by atoms with Crippen LogP contribution in [0.4, 0.5) is 15.8 Å². The van der Waals surface area contributed by atoms with E-state index in [1.165, 1.54) is 6.07 Å². The first-order valence-corrected chi connectivity index (χ1v) is 11.8. The van der Waals surface area contributed by atoms with Gasteiger partial charge in [-0.1, -0.05) is 12.1 Å². The molecule has 1 atom stereocenters. The number of amides is 2. The van der Waals surface area contributed by atoms with Crippen LogP contribution in [0.1, 0.15) is 25.3 Å². The number of nitrogen functional groups attached to an aromatic ring is 1. The van der Waals surface area contributed by atoms with Crippen molar-refractivity contribution >= 4 is 41.5 Å². The molecular formula is C26H28FN7O3. The SMILES string of the molecule is C=N/N=C(/c1ccc(NC(=O)C(C)(F)Oc2ccccc2N)cc1)N1C=CN=C(C(=O)N2CCCC2)C1. The second-order valence-electron chi connectivity index (χ2n) is 8.65. The smallest absolute Gasteiger partial charge is 0.324 e. The van der Waals surface area contributed by atoms with E-state index in [2.05, 4.69) is 27.2 Å². The molecule has 0 radical (unpaired) electrons. The van der Waals surface area contributed by atoms with Crippen molar-refractivity contribution in [2.45, 2.75) is 25.6 Å². The maximum atomic E-state index is 15.0. The van der Waals surface area contributed by atoms with Crippen molar-refractivity contribution in [3.8, 4) is 5.75 Å². The third-order valence-corrected chi connectivity index (χ3v) is 5.90. The minimum absolute atomic E-state index is 0.0662. The Bertz CT molecular complexity index is 1270. The highest BCUT2D eigenvalue weighted by molar-refractivity contribution is 6.40. The summed E-state index contributed by atoms with van der Waals surface area (Å²) in [6.45, 7) is 6.13. The predicted octanol–water partition coefficient (Wildman–Crippen LogP) is 3.18. The third kappa shape index (κ3) is 6.00. The number of anilines is 2. The number of aliphatic imine (C=N–C) groups is 1. The van der Waals surface area contributed by atoms with E-state index in [4.69, 9.17) is 10.5 Å². The number of nitrogens with two attached hydrogens (primary N) is 1. The van der Waals surface area contributed by atoms with Crippen LogP contribution in [0, 0.1) is 0 Å². The highest BCUT2D eigenvalue weighted by Gasteiger charge is 2.36. The molecule has 0 aliphatic carbocycles. The van der Waals surface area contributed by atoms with Gasteiger partial charge in [0.1, 0.15) is 11.5 Å². The van der Waals surface area contributed by atoms with E-state index in [0.29, 0.717) is 22.8 Å². The molecule has 1 unspecified atom stereocenters. The van der Waals surface area contributed by atoms with Crippen LogP contribution < -0.4 is 15.8 Å². The van der Waals surface area contributed by atoms with Gasteiger partial charge in [0.05, 0.1) is 12.2 Å². The summed E-state index contributed by atoms with van der Waals surface area (Å²) in [5, 5.41) is 10.3. The van der Waals surface area contributed by atoms with Crippen LogP contribution in [0.15, 0.2) is 76.1 Å². The lowest BCUT2D eigenvalue weighted by atomic mass is 10.1. The summed E-state index contributed by atoms with van der Waals surface area (Å²) in [6, 6.07) is 12.9. The van der Waals surface area contributed by atoms with Gasteiger partial charge < -0.3 is 25.6 Å². The first kappa shape index (κ1) is 25.5. The molecule has 0 spiro atoms. The van der Waals surface area contributed by atoms with Gasteiger partial charge >= 0.3 is 11.8 Å². The molecule has 192 valence electrons. The average Bonchev–Trinajstić information content (AvgIpc) is 3.44. The Hall–Kier alpha value is -4.54. The monoisotopic (exact) mass is 505 g/mol. The number of hydrogen-bond acceptors (Lipinski definition) is 7. The van der Waals surface area contributed by atoms with Crippen LogP contribution in [0.5, 0.6) is 5.75 Å². The maximum absolute atomic E-state index is 15.0. The number of ether oxygens (including phenoxy) is 1. The van der Waals surface area contributed by atoms with Crippen molar-refractivity contribution in [3.63, 3.8) is 0 Å². The van der Waals surface area contributed by atoms with Gasteiger partial charge in [-0.25, -0.2) is 0 Å². The Kier molecular flexibility index (Phi) is 7.61. The zero-order valence-electron chi connectivity index (χ0n) is 20.4. The van der Waals surface area contributed by atoms with Crippen molar-refractivity contribution in [2.24, 2.45) is 15.2 Å². The van der Waals surface area contributed by atoms with Gasteiger partial charge in [-0.05, 0) is 49.2 Å². The van der Waals surface area contributed by atoms with Gasteiger partial charge in [0.15, 0.2) is 5.84 Å². The molecule has 2 heterocycles. The first-order valence-electron chi connectivity index (χ1n) is 11.8. The standard InChI is InChI=1S/C26H28FN7O3/c1-26(27,37-22-8-4-3-7-20(22)28)25(36)31-19-11-9-18(10-12-19)23(32-29-2)34-16-13-30-21(17-34)24(35)33-14-5-6-15-33/h3-4,7-13,16H,2,5-6,14-15,17,28H2,1H3,(H,31,36)/b32-23-. The van der Waals surface area contributed by atoms with E-state index in [0.717, 1.165) is 32.9 Å².